The highest BCUT2D eigenvalue weighted by atomic mass is 35.5. The molecule has 0 aliphatic carbocycles. The summed E-state index contributed by atoms with van der Waals surface area (Å²) in [6, 6.07) is 11.4. The molecule has 0 unspecified atom stereocenters. The molecular weight excluding hydrogens is 445 g/mol. The molecule has 2 aromatic carbocycles. The summed E-state index contributed by atoms with van der Waals surface area (Å²) >= 11 is 12.7. The Labute approximate surface area is 197 Å². The second-order valence-electron chi connectivity index (χ2n) is 8.19. The van der Waals surface area contributed by atoms with E-state index in [1.807, 2.05) is 6.07 Å². The van der Waals surface area contributed by atoms with Gasteiger partial charge in [-0.2, -0.15) is 0 Å². The van der Waals surface area contributed by atoms with E-state index >= 15 is 0 Å². The molecule has 1 amide bonds. The highest BCUT2D eigenvalue weighted by molar-refractivity contribution is 6.39. The number of hydrogen-bond acceptors (Lipinski definition) is 5. The average molecular weight is 470 g/mol. The van der Waals surface area contributed by atoms with Crippen LogP contribution in [-0.4, -0.2) is 40.9 Å². The Morgan fingerprint density at radius 1 is 1.16 bits per heavy atom. The molecule has 0 bridgehead atoms. The number of primary amides is 1. The monoisotopic (exact) mass is 469 g/mol. The number of piperidine rings is 1. The fourth-order valence-corrected chi connectivity index (χ4v) is 4.77. The number of benzene rings is 2. The number of likely N-dealkylation sites (tertiary alicyclic amines) is 1. The van der Waals surface area contributed by atoms with Crippen LogP contribution in [0.15, 0.2) is 42.6 Å². The van der Waals surface area contributed by atoms with Gasteiger partial charge in [0.15, 0.2) is 0 Å². The number of amides is 1. The van der Waals surface area contributed by atoms with Crippen molar-refractivity contribution < 1.29 is 4.79 Å². The third-order valence-corrected chi connectivity index (χ3v) is 6.57. The van der Waals surface area contributed by atoms with E-state index in [0.717, 1.165) is 18.8 Å². The number of aromatic nitrogens is 2. The molecule has 3 aromatic rings. The molecule has 4 rings (SSSR count). The molecule has 6 nitrogen and oxygen atoms in total. The lowest BCUT2D eigenvalue weighted by molar-refractivity contribution is 0.100. The molecule has 1 saturated heterocycles. The molecule has 1 aliphatic heterocycles. The van der Waals surface area contributed by atoms with Crippen LogP contribution in [0, 0.1) is 6.92 Å². The number of anilines is 2. The molecule has 0 saturated carbocycles. The van der Waals surface area contributed by atoms with E-state index in [1.54, 1.807) is 18.2 Å². The Bertz CT molecular complexity index is 1140. The van der Waals surface area contributed by atoms with Crippen molar-refractivity contribution in [3.8, 4) is 11.3 Å². The number of carbonyl (C=O) groups excluding carboxylic acids is 1. The summed E-state index contributed by atoms with van der Waals surface area (Å²) in [5.41, 5.74) is 9.92. The van der Waals surface area contributed by atoms with Crippen LogP contribution in [0.25, 0.3) is 11.3 Å². The highest BCUT2D eigenvalue weighted by Gasteiger charge is 2.21. The van der Waals surface area contributed by atoms with Gasteiger partial charge >= 0.3 is 0 Å². The van der Waals surface area contributed by atoms with Crippen LogP contribution in [0.2, 0.25) is 10.0 Å². The van der Waals surface area contributed by atoms with Crippen LogP contribution >= 0.6 is 23.2 Å². The Morgan fingerprint density at radius 2 is 1.84 bits per heavy atom. The number of nitrogens with one attached hydrogen (secondary N) is 1. The zero-order valence-electron chi connectivity index (χ0n) is 18.0. The predicted octanol–water partition coefficient (Wildman–Crippen LogP) is 5.41. The maximum absolute atomic E-state index is 12.0. The normalized spacial score (nSPS) is 15.0. The summed E-state index contributed by atoms with van der Waals surface area (Å²) in [7, 11) is 2.17. The van der Waals surface area contributed by atoms with Crippen LogP contribution in [0.4, 0.5) is 11.6 Å². The lowest BCUT2D eigenvalue weighted by atomic mass is 9.87. The molecule has 166 valence electrons. The molecule has 0 radical (unpaired) electrons. The van der Waals surface area contributed by atoms with Crippen molar-refractivity contribution in [3.05, 3.63) is 69.3 Å². The summed E-state index contributed by atoms with van der Waals surface area (Å²) in [4.78, 5) is 23.2. The number of carbonyl (C=O) groups is 1. The molecule has 1 aliphatic rings. The third kappa shape index (κ3) is 4.72. The van der Waals surface area contributed by atoms with Gasteiger partial charge in [-0.05, 0) is 81.2 Å². The molecule has 0 spiro atoms. The molecule has 1 aromatic heterocycles. The van der Waals surface area contributed by atoms with E-state index in [0.29, 0.717) is 33.2 Å². The summed E-state index contributed by atoms with van der Waals surface area (Å²) in [5, 5.41) is 3.98. The Kier molecular flexibility index (Phi) is 6.65. The fraction of sp³-hybridized carbons (Fsp3) is 0.292. The molecular formula is C24H25Cl2N5O. The molecule has 0 atom stereocenters. The topological polar surface area (TPSA) is 84.1 Å². The van der Waals surface area contributed by atoms with E-state index in [2.05, 4.69) is 46.3 Å². The summed E-state index contributed by atoms with van der Waals surface area (Å²) in [6.45, 7) is 4.37. The van der Waals surface area contributed by atoms with Gasteiger partial charge < -0.3 is 16.0 Å². The largest absolute Gasteiger partial charge is 0.365 e. The molecule has 8 heteroatoms. The van der Waals surface area contributed by atoms with E-state index in [4.69, 9.17) is 28.9 Å². The zero-order valence-corrected chi connectivity index (χ0v) is 19.5. The van der Waals surface area contributed by atoms with Crippen LogP contribution in [-0.2, 0) is 0 Å². The predicted molar refractivity (Wildman–Crippen MR) is 130 cm³/mol. The number of rotatable bonds is 5. The van der Waals surface area contributed by atoms with E-state index < -0.39 is 5.91 Å². The first-order valence-electron chi connectivity index (χ1n) is 10.5. The second kappa shape index (κ2) is 9.45. The van der Waals surface area contributed by atoms with Gasteiger partial charge in [-0.3, -0.25) is 4.79 Å². The first kappa shape index (κ1) is 22.5. The summed E-state index contributed by atoms with van der Waals surface area (Å²) < 4.78 is 0. The van der Waals surface area contributed by atoms with Crippen molar-refractivity contribution >= 4 is 40.7 Å². The zero-order chi connectivity index (χ0) is 22.8. The minimum atomic E-state index is -0.652. The lowest BCUT2D eigenvalue weighted by Crippen LogP contribution is -2.29. The van der Waals surface area contributed by atoms with Gasteiger partial charge in [-0.15, -0.1) is 0 Å². The molecule has 2 heterocycles. The number of nitrogens with zero attached hydrogens (tertiary/aromatic N) is 3. The molecule has 3 N–H and O–H groups in total. The standard InChI is InChI=1S/C24H25Cl2N5O/c1-14-12-16(6-7-17(14)15-8-10-31(2)11-9-15)29-24-28-13-18(23(27)32)22(30-24)21-19(25)4-3-5-20(21)26/h3-7,12-13,15H,8-11H2,1-2H3,(H2,27,32)(H,28,29,30). The van der Waals surface area contributed by atoms with E-state index in [9.17, 15) is 4.79 Å². The number of halogens is 2. The smallest absolute Gasteiger partial charge is 0.252 e. The SMILES string of the molecule is Cc1cc(Nc2ncc(C(N)=O)c(-c3c(Cl)cccc3Cl)n2)ccc1C1CCN(C)CC1. The van der Waals surface area contributed by atoms with Crippen LogP contribution in [0.5, 0.6) is 0 Å². The summed E-state index contributed by atoms with van der Waals surface area (Å²) in [5.74, 6) is 0.258. The number of aryl methyl sites for hydroxylation is 1. The van der Waals surface area contributed by atoms with Crippen molar-refractivity contribution in [1.29, 1.82) is 0 Å². The van der Waals surface area contributed by atoms with Gasteiger partial charge in [-0.25, -0.2) is 9.97 Å². The Balaban J connectivity index is 1.64. The first-order chi connectivity index (χ1) is 15.3. The van der Waals surface area contributed by atoms with Gasteiger partial charge in [-0.1, -0.05) is 35.3 Å². The van der Waals surface area contributed by atoms with Crippen LogP contribution < -0.4 is 11.1 Å². The van der Waals surface area contributed by atoms with Gasteiger partial charge in [0.2, 0.25) is 5.95 Å². The van der Waals surface area contributed by atoms with Crippen molar-refractivity contribution in [1.82, 2.24) is 14.9 Å². The van der Waals surface area contributed by atoms with E-state index in [1.165, 1.54) is 30.2 Å². The highest BCUT2D eigenvalue weighted by Crippen LogP contribution is 2.36. The summed E-state index contributed by atoms with van der Waals surface area (Å²) in [6.07, 6.45) is 3.74. The first-order valence-corrected chi connectivity index (χ1v) is 11.3. The van der Waals surface area contributed by atoms with Gasteiger partial charge in [0.05, 0.1) is 21.3 Å². The van der Waals surface area contributed by atoms with Crippen molar-refractivity contribution in [2.75, 3.05) is 25.5 Å². The van der Waals surface area contributed by atoms with Crippen LogP contribution in [0.1, 0.15) is 40.2 Å². The third-order valence-electron chi connectivity index (χ3n) is 5.94. The second-order valence-corrected chi connectivity index (χ2v) is 9.01. The minimum absolute atomic E-state index is 0.152. The Morgan fingerprint density at radius 3 is 2.47 bits per heavy atom. The fourth-order valence-electron chi connectivity index (χ4n) is 4.20. The van der Waals surface area contributed by atoms with Gasteiger partial charge in [0.25, 0.3) is 5.91 Å². The van der Waals surface area contributed by atoms with E-state index in [-0.39, 0.29) is 5.56 Å². The lowest BCUT2D eigenvalue weighted by Gasteiger charge is -2.30. The molecule has 32 heavy (non-hydrogen) atoms. The minimum Gasteiger partial charge on any atom is -0.365 e. The Hall–Kier alpha value is -2.67. The number of hydrogen-bond donors (Lipinski definition) is 2. The average Bonchev–Trinajstić information content (AvgIpc) is 2.75. The maximum atomic E-state index is 12.0. The maximum Gasteiger partial charge on any atom is 0.252 e. The van der Waals surface area contributed by atoms with Crippen molar-refractivity contribution in [2.45, 2.75) is 25.7 Å². The quantitative estimate of drug-likeness (QED) is 0.521. The van der Waals surface area contributed by atoms with Crippen molar-refractivity contribution in [2.24, 2.45) is 5.73 Å². The van der Waals surface area contributed by atoms with Gasteiger partial charge in [0.1, 0.15) is 0 Å². The molecule has 1 fully saturated rings. The van der Waals surface area contributed by atoms with Crippen LogP contribution in [0.3, 0.4) is 0 Å². The number of nitrogens with two attached hydrogens (primary N) is 1. The van der Waals surface area contributed by atoms with Crippen molar-refractivity contribution in [3.63, 3.8) is 0 Å². The van der Waals surface area contributed by atoms with Gasteiger partial charge in [0, 0.05) is 17.4 Å².